The number of halogens is 1. The minimum absolute atomic E-state index is 0.941. The van der Waals surface area contributed by atoms with Crippen molar-refractivity contribution in [2.45, 2.75) is 23.3 Å². The molecule has 0 heterocycles. The summed E-state index contributed by atoms with van der Waals surface area (Å²) < 4.78 is 1.15. The Morgan fingerprint density at radius 1 is 1.06 bits per heavy atom. The van der Waals surface area contributed by atoms with Gasteiger partial charge in [0.05, 0.1) is 0 Å². The number of hydrogen-bond acceptors (Lipinski definition) is 2. The molecule has 0 aromatic heterocycles. The van der Waals surface area contributed by atoms with Crippen LogP contribution in [0, 0.1) is 0 Å². The lowest BCUT2D eigenvalue weighted by Crippen LogP contribution is -2.11. The Hall–Kier alpha value is -0.770. The van der Waals surface area contributed by atoms with Crippen molar-refractivity contribution in [1.29, 1.82) is 0 Å². The Morgan fingerprint density at radius 3 is 2.44 bits per heavy atom. The van der Waals surface area contributed by atoms with Crippen molar-refractivity contribution in [1.82, 2.24) is 5.32 Å². The second-order valence-corrected chi connectivity index (χ2v) is 5.93. The predicted molar refractivity (Wildman–Crippen MR) is 82.1 cm³/mol. The van der Waals surface area contributed by atoms with Crippen LogP contribution in [0.1, 0.15) is 12.5 Å². The summed E-state index contributed by atoms with van der Waals surface area (Å²) in [5, 5.41) is 3.33. The maximum absolute atomic E-state index is 3.57. The molecule has 0 aliphatic carbocycles. The first-order valence-electron chi connectivity index (χ1n) is 6.01. The van der Waals surface area contributed by atoms with Crippen LogP contribution in [-0.2, 0) is 6.54 Å². The van der Waals surface area contributed by atoms with Gasteiger partial charge in [0, 0.05) is 20.8 Å². The predicted octanol–water partition coefficient (Wildman–Crippen LogP) is 4.71. The van der Waals surface area contributed by atoms with E-state index in [0.29, 0.717) is 0 Å². The Labute approximate surface area is 121 Å². The Morgan fingerprint density at radius 2 is 1.78 bits per heavy atom. The van der Waals surface area contributed by atoms with Crippen molar-refractivity contribution in [2.75, 3.05) is 6.54 Å². The molecule has 0 radical (unpaired) electrons. The third kappa shape index (κ3) is 3.87. The van der Waals surface area contributed by atoms with Gasteiger partial charge in [-0.05, 0) is 52.3 Å². The fraction of sp³-hybridized carbons (Fsp3) is 0.200. The summed E-state index contributed by atoms with van der Waals surface area (Å²) in [5.74, 6) is 0. The molecule has 0 bridgehead atoms. The smallest absolute Gasteiger partial charge is 0.0314 e. The molecule has 0 saturated carbocycles. The zero-order valence-electron chi connectivity index (χ0n) is 10.3. The molecule has 2 aromatic rings. The topological polar surface area (TPSA) is 12.0 Å². The molecule has 0 saturated heterocycles. The summed E-state index contributed by atoms with van der Waals surface area (Å²) in [6, 6.07) is 17.0. The standard InChI is InChI=1S/C15H16BrNS/c1-2-17-11-12-7-9-13(10-8-12)18-15-6-4-3-5-14(15)16/h3-10,17H,2,11H2,1H3. The van der Waals surface area contributed by atoms with E-state index in [-0.39, 0.29) is 0 Å². The quantitative estimate of drug-likeness (QED) is 0.855. The van der Waals surface area contributed by atoms with E-state index in [1.807, 2.05) is 6.07 Å². The van der Waals surface area contributed by atoms with E-state index >= 15 is 0 Å². The van der Waals surface area contributed by atoms with Gasteiger partial charge in [-0.2, -0.15) is 0 Å². The van der Waals surface area contributed by atoms with E-state index < -0.39 is 0 Å². The van der Waals surface area contributed by atoms with Crippen molar-refractivity contribution in [2.24, 2.45) is 0 Å². The van der Waals surface area contributed by atoms with Crippen LogP contribution in [0.25, 0.3) is 0 Å². The Balaban J connectivity index is 2.04. The van der Waals surface area contributed by atoms with Gasteiger partial charge in [-0.1, -0.05) is 43.0 Å². The maximum atomic E-state index is 3.57. The molecule has 94 valence electrons. The van der Waals surface area contributed by atoms with Gasteiger partial charge < -0.3 is 5.32 Å². The van der Waals surface area contributed by atoms with Crippen LogP contribution in [0.15, 0.2) is 62.8 Å². The fourth-order valence-electron chi connectivity index (χ4n) is 1.60. The summed E-state index contributed by atoms with van der Waals surface area (Å²) in [5.41, 5.74) is 1.33. The summed E-state index contributed by atoms with van der Waals surface area (Å²) in [4.78, 5) is 2.51. The van der Waals surface area contributed by atoms with E-state index in [2.05, 4.69) is 70.6 Å². The molecule has 0 spiro atoms. The third-order valence-corrected chi connectivity index (χ3v) is 4.60. The van der Waals surface area contributed by atoms with E-state index in [4.69, 9.17) is 0 Å². The van der Waals surface area contributed by atoms with Crippen molar-refractivity contribution in [3.63, 3.8) is 0 Å². The molecule has 18 heavy (non-hydrogen) atoms. The average Bonchev–Trinajstić information content (AvgIpc) is 2.41. The van der Waals surface area contributed by atoms with Crippen LogP contribution in [0.4, 0.5) is 0 Å². The van der Waals surface area contributed by atoms with Gasteiger partial charge in [-0.15, -0.1) is 0 Å². The lowest BCUT2D eigenvalue weighted by atomic mass is 10.2. The van der Waals surface area contributed by atoms with E-state index in [1.165, 1.54) is 15.4 Å². The molecule has 0 unspecified atom stereocenters. The number of hydrogen-bond donors (Lipinski definition) is 1. The highest BCUT2D eigenvalue weighted by atomic mass is 79.9. The van der Waals surface area contributed by atoms with E-state index in [1.54, 1.807) is 11.8 Å². The molecule has 0 fully saturated rings. The third-order valence-electron chi connectivity index (χ3n) is 2.57. The summed E-state index contributed by atoms with van der Waals surface area (Å²) >= 11 is 5.35. The summed E-state index contributed by atoms with van der Waals surface area (Å²) in [6.45, 7) is 4.07. The summed E-state index contributed by atoms with van der Waals surface area (Å²) in [6.07, 6.45) is 0. The normalized spacial score (nSPS) is 10.6. The minimum atomic E-state index is 0.941. The molecule has 3 heteroatoms. The van der Waals surface area contributed by atoms with Gasteiger partial charge >= 0.3 is 0 Å². The van der Waals surface area contributed by atoms with Gasteiger partial charge in [0.15, 0.2) is 0 Å². The second-order valence-electron chi connectivity index (χ2n) is 3.96. The highest BCUT2D eigenvalue weighted by molar-refractivity contribution is 9.10. The molecule has 2 rings (SSSR count). The molecule has 0 amide bonds. The second kappa shape index (κ2) is 6.98. The van der Waals surface area contributed by atoms with Crippen molar-refractivity contribution < 1.29 is 0 Å². The van der Waals surface area contributed by atoms with Crippen molar-refractivity contribution in [3.05, 3.63) is 58.6 Å². The van der Waals surface area contributed by atoms with Crippen LogP contribution in [-0.4, -0.2) is 6.54 Å². The van der Waals surface area contributed by atoms with Crippen LogP contribution in [0.3, 0.4) is 0 Å². The largest absolute Gasteiger partial charge is 0.313 e. The highest BCUT2D eigenvalue weighted by Gasteiger charge is 2.01. The van der Waals surface area contributed by atoms with Gasteiger partial charge in [0.1, 0.15) is 0 Å². The fourth-order valence-corrected chi connectivity index (χ4v) is 2.96. The molecule has 2 aromatic carbocycles. The molecule has 0 aliphatic rings. The van der Waals surface area contributed by atoms with Crippen LogP contribution in [0.5, 0.6) is 0 Å². The van der Waals surface area contributed by atoms with E-state index in [9.17, 15) is 0 Å². The number of rotatable bonds is 5. The van der Waals surface area contributed by atoms with E-state index in [0.717, 1.165) is 17.6 Å². The van der Waals surface area contributed by atoms with Crippen LogP contribution < -0.4 is 5.32 Å². The molecule has 0 aliphatic heterocycles. The van der Waals surface area contributed by atoms with Gasteiger partial charge in [-0.25, -0.2) is 0 Å². The molecular weight excluding hydrogens is 306 g/mol. The number of nitrogens with one attached hydrogen (secondary N) is 1. The zero-order valence-corrected chi connectivity index (χ0v) is 12.7. The SMILES string of the molecule is CCNCc1ccc(Sc2ccccc2Br)cc1. The minimum Gasteiger partial charge on any atom is -0.313 e. The Kier molecular flexibility index (Phi) is 5.29. The zero-order chi connectivity index (χ0) is 12.8. The van der Waals surface area contributed by atoms with Gasteiger partial charge in [0.2, 0.25) is 0 Å². The first-order valence-corrected chi connectivity index (χ1v) is 7.62. The first kappa shape index (κ1) is 13.7. The lowest BCUT2D eigenvalue weighted by Gasteiger charge is -2.06. The monoisotopic (exact) mass is 321 g/mol. The first-order chi connectivity index (χ1) is 8.79. The van der Waals surface area contributed by atoms with Crippen molar-refractivity contribution >= 4 is 27.7 Å². The number of benzene rings is 2. The van der Waals surface area contributed by atoms with Gasteiger partial charge in [-0.3, -0.25) is 0 Å². The molecule has 1 N–H and O–H groups in total. The van der Waals surface area contributed by atoms with Crippen LogP contribution in [0.2, 0.25) is 0 Å². The maximum Gasteiger partial charge on any atom is 0.0314 e. The summed E-state index contributed by atoms with van der Waals surface area (Å²) in [7, 11) is 0. The van der Waals surface area contributed by atoms with Gasteiger partial charge in [0.25, 0.3) is 0 Å². The molecule has 0 atom stereocenters. The molecular formula is C15H16BrNS. The lowest BCUT2D eigenvalue weighted by molar-refractivity contribution is 0.726. The highest BCUT2D eigenvalue weighted by Crippen LogP contribution is 2.33. The Bertz CT molecular complexity index is 496. The van der Waals surface area contributed by atoms with Crippen molar-refractivity contribution in [3.8, 4) is 0 Å². The molecule has 1 nitrogen and oxygen atoms in total. The average molecular weight is 322 g/mol. The van der Waals surface area contributed by atoms with Crippen LogP contribution >= 0.6 is 27.7 Å².